The van der Waals surface area contributed by atoms with E-state index in [1.54, 1.807) is 29.2 Å². The number of carbonyl (C=O) groups excluding carboxylic acids is 2. The zero-order valence-corrected chi connectivity index (χ0v) is 27.4. The summed E-state index contributed by atoms with van der Waals surface area (Å²) >= 11 is 0. The van der Waals surface area contributed by atoms with Gasteiger partial charge in [-0.25, -0.2) is 8.42 Å². The summed E-state index contributed by atoms with van der Waals surface area (Å²) < 4.78 is 29.5. The van der Waals surface area contributed by atoms with Gasteiger partial charge in [0.2, 0.25) is 11.8 Å². The molecule has 1 atom stereocenters. The number of nitrogens with zero attached hydrogens (tertiary/aromatic N) is 2. The summed E-state index contributed by atoms with van der Waals surface area (Å²) in [6.07, 6.45) is 2.01. The first kappa shape index (κ1) is 33.5. The van der Waals surface area contributed by atoms with Gasteiger partial charge in [-0.2, -0.15) is 0 Å². The number of hydrogen-bond acceptors (Lipinski definition) is 4. The summed E-state index contributed by atoms with van der Waals surface area (Å²) in [5, 5.41) is 3.03. The normalized spacial score (nSPS) is 11.9. The summed E-state index contributed by atoms with van der Waals surface area (Å²) in [6, 6.07) is 30.1. The van der Waals surface area contributed by atoms with Crippen molar-refractivity contribution in [3.05, 3.63) is 131 Å². The number of hydrogen-bond donors (Lipinski definition) is 1. The maximum Gasteiger partial charge on any atom is 0.264 e. The molecule has 2 amide bonds. The van der Waals surface area contributed by atoms with Crippen LogP contribution in [0, 0.1) is 20.8 Å². The van der Waals surface area contributed by atoms with E-state index in [0.717, 1.165) is 40.7 Å². The van der Waals surface area contributed by atoms with Gasteiger partial charge in [0, 0.05) is 19.5 Å². The van der Waals surface area contributed by atoms with E-state index >= 15 is 0 Å². The average Bonchev–Trinajstić information content (AvgIpc) is 3.03. The number of benzene rings is 4. The Balaban J connectivity index is 1.81. The van der Waals surface area contributed by atoms with Crippen LogP contribution >= 0.6 is 0 Å². The van der Waals surface area contributed by atoms with Crippen LogP contribution < -0.4 is 9.62 Å². The van der Waals surface area contributed by atoms with Gasteiger partial charge < -0.3 is 10.2 Å². The summed E-state index contributed by atoms with van der Waals surface area (Å²) in [5.41, 5.74) is 4.90. The molecule has 8 heteroatoms. The number of unbranched alkanes of at least 4 members (excludes halogenated alkanes) is 1. The van der Waals surface area contributed by atoms with Gasteiger partial charge in [0.25, 0.3) is 10.0 Å². The van der Waals surface area contributed by atoms with Crippen LogP contribution in [-0.4, -0.2) is 44.3 Å². The van der Waals surface area contributed by atoms with Crippen LogP contribution in [0.4, 0.5) is 5.69 Å². The van der Waals surface area contributed by atoms with Gasteiger partial charge in [0.15, 0.2) is 0 Å². The minimum absolute atomic E-state index is 0.0844. The molecule has 0 spiro atoms. The van der Waals surface area contributed by atoms with E-state index in [2.05, 4.69) is 12.2 Å². The third-order valence-electron chi connectivity index (χ3n) is 7.77. The van der Waals surface area contributed by atoms with Crippen LogP contribution in [0.1, 0.15) is 47.6 Å². The van der Waals surface area contributed by atoms with Gasteiger partial charge in [-0.3, -0.25) is 13.9 Å². The largest absolute Gasteiger partial charge is 0.354 e. The van der Waals surface area contributed by atoms with Gasteiger partial charge in [-0.15, -0.1) is 0 Å². The van der Waals surface area contributed by atoms with Crippen molar-refractivity contribution in [1.29, 1.82) is 0 Å². The Morgan fingerprint density at radius 3 is 2.07 bits per heavy atom. The molecular formula is C37H43N3O4S. The summed E-state index contributed by atoms with van der Waals surface area (Å²) in [5.74, 6) is -0.736. The number of amides is 2. The van der Waals surface area contributed by atoms with Crippen molar-refractivity contribution in [2.24, 2.45) is 0 Å². The lowest BCUT2D eigenvalue weighted by Gasteiger charge is -2.34. The fraction of sp³-hybridized carbons (Fsp3) is 0.297. The molecule has 0 aromatic heterocycles. The van der Waals surface area contributed by atoms with Gasteiger partial charge in [0.1, 0.15) is 12.6 Å². The van der Waals surface area contributed by atoms with E-state index in [9.17, 15) is 18.0 Å². The summed E-state index contributed by atoms with van der Waals surface area (Å²) in [7, 11) is -4.13. The topological polar surface area (TPSA) is 86.8 Å². The van der Waals surface area contributed by atoms with E-state index in [0.29, 0.717) is 12.2 Å². The zero-order valence-electron chi connectivity index (χ0n) is 26.6. The van der Waals surface area contributed by atoms with Gasteiger partial charge in [0.05, 0.1) is 10.6 Å². The highest BCUT2D eigenvalue weighted by Gasteiger charge is 2.35. The molecule has 0 fully saturated rings. The number of carbonyl (C=O) groups is 2. The zero-order chi connectivity index (χ0) is 32.4. The first-order chi connectivity index (χ1) is 21.6. The minimum atomic E-state index is -4.13. The highest BCUT2D eigenvalue weighted by atomic mass is 32.2. The Kier molecular flexibility index (Phi) is 11.5. The van der Waals surface area contributed by atoms with E-state index in [4.69, 9.17) is 0 Å². The average molecular weight is 626 g/mol. The molecule has 4 aromatic carbocycles. The molecule has 1 N–H and O–H groups in total. The van der Waals surface area contributed by atoms with Crippen molar-refractivity contribution in [3.63, 3.8) is 0 Å². The fourth-order valence-corrected chi connectivity index (χ4v) is 6.89. The van der Waals surface area contributed by atoms with Crippen LogP contribution in [-0.2, 0) is 32.6 Å². The van der Waals surface area contributed by atoms with E-state index < -0.39 is 28.5 Å². The second-order valence-electron chi connectivity index (χ2n) is 11.5. The molecule has 0 heterocycles. The quantitative estimate of drug-likeness (QED) is 0.165. The number of anilines is 1. The highest BCUT2D eigenvalue weighted by molar-refractivity contribution is 7.92. The maximum absolute atomic E-state index is 14.6. The molecule has 0 saturated carbocycles. The Hall–Kier alpha value is -4.43. The molecule has 0 radical (unpaired) electrons. The van der Waals surface area contributed by atoms with Gasteiger partial charge in [-0.1, -0.05) is 109 Å². The molecule has 4 aromatic rings. The molecule has 0 aliphatic rings. The Morgan fingerprint density at radius 2 is 1.42 bits per heavy atom. The lowest BCUT2D eigenvalue weighted by molar-refractivity contribution is -0.140. The minimum Gasteiger partial charge on any atom is -0.354 e. The van der Waals surface area contributed by atoms with E-state index in [-0.39, 0.29) is 23.8 Å². The predicted molar refractivity (Wildman–Crippen MR) is 180 cm³/mol. The second-order valence-corrected chi connectivity index (χ2v) is 13.3. The Morgan fingerprint density at radius 1 is 0.778 bits per heavy atom. The molecule has 236 valence electrons. The fourth-order valence-electron chi connectivity index (χ4n) is 5.39. The van der Waals surface area contributed by atoms with E-state index in [1.165, 1.54) is 16.4 Å². The van der Waals surface area contributed by atoms with Crippen molar-refractivity contribution in [1.82, 2.24) is 10.2 Å². The Labute approximate surface area is 268 Å². The standard InChI is InChI=1S/C37H43N3O4S/c1-5-6-22-38-37(42)35(25-31-15-9-7-10-16-31)39(26-32-17-13-14-28(2)24-32)36(41)27-40(34-21-20-29(3)23-30(34)4)45(43,44)33-18-11-8-12-19-33/h7-21,23-24,35H,5-6,22,25-27H2,1-4H3,(H,38,42)/t35-/m0/s1. The molecule has 0 bridgehead atoms. The second kappa shape index (κ2) is 15.5. The molecule has 0 aliphatic heterocycles. The number of aryl methyl sites for hydroxylation is 3. The smallest absolute Gasteiger partial charge is 0.264 e. The third-order valence-corrected chi connectivity index (χ3v) is 9.54. The highest BCUT2D eigenvalue weighted by Crippen LogP contribution is 2.28. The van der Waals surface area contributed by atoms with Crippen molar-refractivity contribution >= 4 is 27.5 Å². The lowest BCUT2D eigenvalue weighted by Crippen LogP contribution is -2.53. The van der Waals surface area contributed by atoms with Gasteiger partial charge in [-0.05, 0) is 62.1 Å². The molecule has 45 heavy (non-hydrogen) atoms. The summed E-state index contributed by atoms with van der Waals surface area (Å²) in [6.45, 7) is 7.96. The van der Waals surface area contributed by atoms with Crippen LogP contribution in [0.2, 0.25) is 0 Å². The third kappa shape index (κ3) is 8.82. The SMILES string of the molecule is CCCCNC(=O)[C@H](Cc1ccccc1)N(Cc1cccc(C)c1)C(=O)CN(c1ccc(C)cc1C)S(=O)(=O)c1ccccc1. The van der Waals surface area contributed by atoms with E-state index in [1.807, 2.05) is 87.5 Å². The summed E-state index contributed by atoms with van der Waals surface area (Å²) in [4.78, 5) is 30.1. The van der Waals surface area contributed by atoms with Crippen LogP contribution in [0.3, 0.4) is 0 Å². The van der Waals surface area contributed by atoms with Crippen molar-refractivity contribution in [3.8, 4) is 0 Å². The van der Waals surface area contributed by atoms with Crippen LogP contribution in [0.15, 0.2) is 108 Å². The monoisotopic (exact) mass is 625 g/mol. The van der Waals surface area contributed by atoms with Crippen LogP contribution in [0.25, 0.3) is 0 Å². The van der Waals surface area contributed by atoms with Crippen molar-refractivity contribution in [2.75, 3.05) is 17.4 Å². The molecule has 0 aliphatic carbocycles. The van der Waals surface area contributed by atoms with Gasteiger partial charge >= 0.3 is 0 Å². The first-order valence-corrected chi connectivity index (χ1v) is 16.9. The number of rotatable bonds is 14. The first-order valence-electron chi connectivity index (χ1n) is 15.4. The van der Waals surface area contributed by atoms with Crippen molar-refractivity contribution < 1.29 is 18.0 Å². The number of sulfonamides is 1. The predicted octanol–water partition coefficient (Wildman–Crippen LogP) is 6.36. The molecule has 0 unspecified atom stereocenters. The molecule has 4 rings (SSSR count). The maximum atomic E-state index is 14.6. The number of nitrogens with one attached hydrogen (secondary N) is 1. The molecule has 0 saturated heterocycles. The Bertz CT molecular complexity index is 1690. The molecule has 7 nitrogen and oxygen atoms in total. The van der Waals surface area contributed by atoms with Crippen LogP contribution in [0.5, 0.6) is 0 Å². The van der Waals surface area contributed by atoms with Crippen molar-refractivity contribution in [2.45, 2.75) is 64.4 Å². The molecular weight excluding hydrogens is 582 g/mol. The lowest BCUT2D eigenvalue weighted by atomic mass is 10.0.